The van der Waals surface area contributed by atoms with E-state index in [0.717, 1.165) is 20.3 Å². The zero-order valence-corrected chi connectivity index (χ0v) is 21.6. The Balaban J connectivity index is 1.50. The van der Waals surface area contributed by atoms with E-state index in [1.807, 2.05) is 30.3 Å². The molecule has 0 atom stereocenters. The number of hydrogen-bond acceptors (Lipinski definition) is 7. The van der Waals surface area contributed by atoms with Gasteiger partial charge in [-0.3, -0.25) is 14.7 Å². The van der Waals surface area contributed by atoms with Gasteiger partial charge in [-0.15, -0.1) is 0 Å². The number of amides is 1. The van der Waals surface area contributed by atoms with Gasteiger partial charge < -0.3 is 4.74 Å². The molecule has 4 aromatic rings. The van der Waals surface area contributed by atoms with Crippen molar-refractivity contribution >= 4 is 58.4 Å². The Hall–Kier alpha value is -2.82. The fraction of sp³-hybridized carbons (Fsp3) is 0.208. The third-order valence-corrected chi connectivity index (χ3v) is 8.51. The highest BCUT2D eigenvalue weighted by Gasteiger charge is 2.22. The second-order valence-electron chi connectivity index (χ2n) is 7.55. The van der Waals surface area contributed by atoms with Gasteiger partial charge in [0.05, 0.1) is 34.5 Å². The normalized spacial score (nSPS) is 11.5. The maximum absolute atomic E-state index is 13.2. The summed E-state index contributed by atoms with van der Waals surface area (Å²) in [7, 11) is -1.99. The van der Waals surface area contributed by atoms with Crippen molar-refractivity contribution < 1.29 is 17.9 Å². The van der Waals surface area contributed by atoms with E-state index >= 15 is 0 Å². The molecule has 0 fully saturated rings. The number of fused-ring (bicyclic) bond motifs is 1. The minimum Gasteiger partial charge on any atom is -0.497 e. The molecule has 1 amide bonds. The highest BCUT2D eigenvalue weighted by atomic mass is 79.9. The third kappa shape index (κ3) is 5.81. The van der Waals surface area contributed by atoms with E-state index in [-0.39, 0.29) is 29.4 Å². The van der Waals surface area contributed by atoms with Crippen molar-refractivity contribution in [2.75, 3.05) is 17.8 Å². The molecule has 176 valence electrons. The number of pyridine rings is 1. The molecule has 0 radical (unpaired) electrons. The number of halogens is 1. The van der Waals surface area contributed by atoms with Gasteiger partial charge in [0.2, 0.25) is 5.91 Å². The molecule has 10 heteroatoms. The van der Waals surface area contributed by atoms with Gasteiger partial charge in [-0.25, -0.2) is 13.4 Å². The number of hydrogen-bond donors (Lipinski definition) is 0. The van der Waals surface area contributed by atoms with Crippen molar-refractivity contribution in [1.82, 2.24) is 9.97 Å². The molecule has 7 nitrogen and oxygen atoms in total. The summed E-state index contributed by atoms with van der Waals surface area (Å²) in [6, 6.07) is 15.7. The van der Waals surface area contributed by atoms with Crippen LogP contribution in [0, 0.1) is 0 Å². The van der Waals surface area contributed by atoms with Crippen LogP contribution in [-0.2, 0) is 21.2 Å². The summed E-state index contributed by atoms with van der Waals surface area (Å²) in [5, 5.41) is 0.569. The van der Waals surface area contributed by atoms with E-state index in [1.165, 1.54) is 30.6 Å². The molecule has 2 aromatic carbocycles. The number of sulfone groups is 1. The topological polar surface area (TPSA) is 89.5 Å². The molecule has 0 aliphatic carbocycles. The molecule has 2 heterocycles. The highest BCUT2D eigenvalue weighted by Crippen LogP contribution is 2.32. The first-order chi connectivity index (χ1) is 16.4. The molecule has 0 N–H and O–H groups in total. The second-order valence-corrected chi connectivity index (χ2v) is 11.6. The number of aromatic nitrogens is 2. The number of anilines is 1. The zero-order chi connectivity index (χ0) is 24.1. The molecule has 0 bridgehead atoms. The Labute approximate surface area is 210 Å². The number of rotatable bonds is 9. The maximum atomic E-state index is 13.2. The Morgan fingerprint density at radius 3 is 2.65 bits per heavy atom. The standard InChI is InChI=1S/C24H22BrN3O4S2/c1-32-19-7-9-20(10-8-19)34(30,31)13-3-5-23(29)28(16-17-4-2-12-26-15-17)24-27-21-11-6-18(25)14-22(21)33-24/h2,4,6-12,14-15H,3,5,13,16H2,1H3. The first-order valence-corrected chi connectivity index (χ1v) is 13.7. The number of nitrogens with zero attached hydrogens (tertiary/aromatic N) is 3. The van der Waals surface area contributed by atoms with Gasteiger partial charge in [0.15, 0.2) is 15.0 Å². The zero-order valence-electron chi connectivity index (χ0n) is 18.3. The van der Waals surface area contributed by atoms with Crippen molar-refractivity contribution in [3.8, 4) is 5.75 Å². The van der Waals surface area contributed by atoms with E-state index in [0.29, 0.717) is 17.4 Å². The van der Waals surface area contributed by atoms with Crippen molar-refractivity contribution in [1.29, 1.82) is 0 Å². The van der Waals surface area contributed by atoms with Gasteiger partial charge in [-0.1, -0.05) is 33.3 Å². The monoisotopic (exact) mass is 559 g/mol. The second kappa shape index (κ2) is 10.6. The molecule has 0 aliphatic heterocycles. The minimum atomic E-state index is -3.51. The van der Waals surface area contributed by atoms with Gasteiger partial charge in [-0.2, -0.15) is 0 Å². The number of benzene rings is 2. The SMILES string of the molecule is COc1ccc(S(=O)(=O)CCCC(=O)N(Cc2cccnc2)c2nc3ccc(Br)cc3s2)cc1. The van der Waals surface area contributed by atoms with E-state index in [2.05, 4.69) is 25.9 Å². The molecule has 0 aliphatic rings. The smallest absolute Gasteiger partial charge is 0.229 e. The van der Waals surface area contributed by atoms with Crippen molar-refractivity contribution in [3.63, 3.8) is 0 Å². The molecule has 0 spiro atoms. The highest BCUT2D eigenvalue weighted by molar-refractivity contribution is 9.10. The van der Waals surface area contributed by atoms with Crippen LogP contribution in [-0.4, -0.2) is 37.2 Å². The van der Waals surface area contributed by atoms with Crippen LogP contribution < -0.4 is 9.64 Å². The van der Waals surface area contributed by atoms with Gasteiger partial charge in [-0.05, 0) is 60.5 Å². The lowest BCUT2D eigenvalue weighted by Gasteiger charge is -2.20. The Morgan fingerprint density at radius 1 is 1.15 bits per heavy atom. The number of carbonyl (C=O) groups excluding carboxylic acids is 1. The summed E-state index contributed by atoms with van der Waals surface area (Å²) in [6.07, 6.45) is 3.66. The summed E-state index contributed by atoms with van der Waals surface area (Å²) in [4.78, 5) is 23.8. The van der Waals surface area contributed by atoms with Crippen LogP contribution in [0.5, 0.6) is 5.75 Å². The average Bonchev–Trinajstić information content (AvgIpc) is 3.25. The van der Waals surface area contributed by atoms with Crippen LogP contribution in [0.4, 0.5) is 5.13 Å². The summed E-state index contributed by atoms with van der Waals surface area (Å²) >= 11 is 4.89. The van der Waals surface area contributed by atoms with Gasteiger partial charge in [0, 0.05) is 23.3 Å². The molecule has 2 aromatic heterocycles. The predicted octanol–water partition coefficient (Wildman–Crippen LogP) is 5.25. The molecule has 0 saturated carbocycles. The molecular formula is C24H22BrN3O4S2. The molecular weight excluding hydrogens is 538 g/mol. The summed E-state index contributed by atoms with van der Waals surface area (Å²) < 4.78 is 32.4. The van der Waals surface area contributed by atoms with Crippen LogP contribution in [0.2, 0.25) is 0 Å². The quantitative estimate of drug-likeness (QED) is 0.278. The van der Waals surface area contributed by atoms with Gasteiger partial charge in [0.1, 0.15) is 5.75 Å². The van der Waals surface area contributed by atoms with Crippen LogP contribution in [0.15, 0.2) is 76.4 Å². The van der Waals surface area contributed by atoms with Gasteiger partial charge >= 0.3 is 0 Å². The van der Waals surface area contributed by atoms with Gasteiger partial charge in [0.25, 0.3) is 0 Å². The van der Waals surface area contributed by atoms with Crippen molar-refractivity contribution in [2.45, 2.75) is 24.3 Å². The average molecular weight is 560 g/mol. The number of thiazole rings is 1. The molecule has 0 unspecified atom stereocenters. The fourth-order valence-electron chi connectivity index (χ4n) is 3.39. The fourth-order valence-corrected chi connectivity index (χ4v) is 6.23. The molecule has 0 saturated heterocycles. The first-order valence-electron chi connectivity index (χ1n) is 10.5. The Kier molecular flexibility index (Phi) is 7.60. The van der Waals surface area contributed by atoms with Crippen LogP contribution in [0.1, 0.15) is 18.4 Å². The summed E-state index contributed by atoms with van der Waals surface area (Å²) in [5.41, 5.74) is 1.66. The largest absolute Gasteiger partial charge is 0.497 e. The Morgan fingerprint density at radius 2 is 1.94 bits per heavy atom. The predicted molar refractivity (Wildman–Crippen MR) is 137 cm³/mol. The Bertz CT molecular complexity index is 1390. The van der Waals surface area contributed by atoms with E-state index in [1.54, 1.807) is 29.4 Å². The van der Waals surface area contributed by atoms with Crippen LogP contribution in [0.25, 0.3) is 10.2 Å². The lowest BCUT2D eigenvalue weighted by atomic mass is 10.2. The van der Waals surface area contributed by atoms with E-state index in [4.69, 9.17) is 4.74 Å². The van der Waals surface area contributed by atoms with Crippen molar-refractivity contribution in [3.05, 3.63) is 77.0 Å². The number of ether oxygens (including phenoxy) is 1. The number of carbonyl (C=O) groups is 1. The van der Waals surface area contributed by atoms with Crippen LogP contribution in [0.3, 0.4) is 0 Å². The lowest BCUT2D eigenvalue weighted by Crippen LogP contribution is -2.30. The minimum absolute atomic E-state index is 0.0786. The maximum Gasteiger partial charge on any atom is 0.229 e. The van der Waals surface area contributed by atoms with E-state index in [9.17, 15) is 13.2 Å². The molecule has 34 heavy (non-hydrogen) atoms. The summed E-state index contributed by atoms with van der Waals surface area (Å²) in [6.45, 7) is 0.304. The van der Waals surface area contributed by atoms with E-state index < -0.39 is 9.84 Å². The number of methoxy groups -OCH3 is 1. The van der Waals surface area contributed by atoms with Crippen LogP contribution >= 0.6 is 27.3 Å². The third-order valence-electron chi connectivity index (χ3n) is 5.16. The lowest BCUT2D eigenvalue weighted by molar-refractivity contribution is -0.118. The summed E-state index contributed by atoms with van der Waals surface area (Å²) in [5.74, 6) is 0.272. The molecule has 4 rings (SSSR count). The van der Waals surface area contributed by atoms with Crippen molar-refractivity contribution in [2.24, 2.45) is 0 Å². The first kappa shape index (κ1) is 24.3.